The van der Waals surface area contributed by atoms with Crippen LogP contribution in [0.2, 0.25) is 0 Å². The van der Waals surface area contributed by atoms with Gasteiger partial charge in [0.15, 0.2) is 0 Å². The maximum Gasteiger partial charge on any atom is 0.263 e. The minimum absolute atomic E-state index is 0.137. The topological polar surface area (TPSA) is 50.7 Å². The highest BCUT2D eigenvalue weighted by Crippen LogP contribution is 1.91. The van der Waals surface area contributed by atoms with Crippen LogP contribution in [0, 0.1) is 0 Å². The van der Waals surface area contributed by atoms with Crippen LogP contribution in [0.25, 0.3) is 0 Å². The van der Waals surface area contributed by atoms with E-state index in [1.165, 1.54) is 0 Å². The molecule has 0 aromatic carbocycles. The molecule has 70 valence electrons. The molecule has 1 N–H and O–H groups in total. The van der Waals surface area contributed by atoms with Gasteiger partial charge in [0.05, 0.1) is 5.71 Å². The van der Waals surface area contributed by atoms with Gasteiger partial charge in [0.2, 0.25) is 6.10 Å². The molecule has 0 heterocycles. The van der Waals surface area contributed by atoms with Gasteiger partial charge in [-0.2, -0.15) is 0 Å². The molecule has 0 aromatic heterocycles. The first-order valence-corrected chi connectivity index (χ1v) is 4.02. The molecular formula is C8H16N2O2. The standard InChI is InChI=1S/C8H16N2O2/c1-5-9-8(11)7(4)12-10-6(2)3/h7H,5H2,1-4H3,(H,9,11). The minimum Gasteiger partial charge on any atom is -0.383 e. The van der Waals surface area contributed by atoms with Gasteiger partial charge in [0, 0.05) is 6.54 Å². The third-order valence-electron chi connectivity index (χ3n) is 1.11. The zero-order valence-corrected chi connectivity index (χ0v) is 8.05. The molecule has 1 unspecified atom stereocenters. The molecule has 0 fully saturated rings. The second kappa shape index (κ2) is 5.57. The van der Waals surface area contributed by atoms with Crippen molar-refractivity contribution in [3.05, 3.63) is 0 Å². The Morgan fingerprint density at radius 3 is 2.58 bits per heavy atom. The van der Waals surface area contributed by atoms with Gasteiger partial charge in [-0.15, -0.1) is 0 Å². The number of nitrogens with zero attached hydrogens (tertiary/aromatic N) is 1. The van der Waals surface area contributed by atoms with E-state index in [1.54, 1.807) is 6.92 Å². The van der Waals surface area contributed by atoms with Gasteiger partial charge < -0.3 is 10.2 Å². The fourth-order valence-corrected chi connectivity index (χ4v) is 0.550. The molecule has 0 spiro atoms. The summed E-state index contributed by atoms with van der Waals surface area (Å²) in [4.78, 5) is 15.9. The summed E-state index contributed by atoms with van der Waals surface area (Å²) in [6.07, 6.45) is -0.514. The summed E-state index contributed by atoms with van der Waals surface area (Å²) < 4.78 is 0. The maximum absolute atomic E-state index is 11.1. The summed E-state index contributed by atoms with van der Waals surface area (Å²) in [5.41, 5.74) is 0.797. The molecule has 0 saturated heterocycles. The maximum atomic E-state index is 11.1. The number of amides is 1. The van der Waals surface area contributed by atoms with Crippen molar-refractivity contribution in [1.82, 2.24) is 5.32 Å². The van der Waals surface area contributed by atoms with Gasteiger partial charge in [-0.3, -0.25) is 4.79 Å². The van der Waals surface area contributed by atoms with E-state index in [-0.39, 0.29) is 5.91 Å². The summed E-state index contributed by atoms with van der Waals surface area (Å²) in [5.74, 6) is -0.137. The molecule has 0 aromatic rings. The molecule has 0 aliphatic carbocycles. The van der Waals surface area contributed by atoms with E-state index >= 15 is 0 Å². The molecule has 4 heteroatoms. The quantitative estimate of drug-likeness (QED) is 0.506. The lowest BCUT2D eigenvalue weighted by molar-refractivity contribution is -0.131. The van der Waals surface area contributed by atoms with Crippen molar-refractivity contribution >= 4 is 11.6 Å². The van der Waals surface area contributed by atoms with Crippen molar-refractivity contribution in [2.45, 2.75) is 33.8 Å². The first kappa shape index (κ1) is 10.9. The fraction of sp³-hybridized carbons (Fsp3) is 0.750. The van der Waals surface area contributed by atoms with Crippen LogP contribution in [-0.4, -0.2) is 24.3 Å². The van der Waals surface area contributed by atoms with Gasteiger partial charge in [0.25, 0.3) is 5.91 Å². The van der Waals surface area contributed by atoms with Crippen molar-refractivity contribution in [3.63, 3.8) is 0 Å². The Labute approximate surface area is 73.0 Å². The predicted octanol–water partition coefficient (Wildman–Crippen LogP) is 0.923. The number of oxime groups is 1. The zero-order valence-electron chi connectivity index (χ0n) is 8.05. The summed E-state index contributed by atoms with van der Waals surface area (Å²) in [5, 5.41) is 6.32. The summed E-state index contributed by atoms with van der Waals surface area (Å²) in [6, 6.07) is 0. The monoisotopic (exact) mass is 172 g/mol. The fourth-order valence-electron chi connectivity index (χ4n) is 0.550. The van der Waals surface area contributed by atoms with Crippen LogP contribution >= 0.6 is 0 Å². The average Bonchev–Trinajstić information content (AvgIpc) is 2.00. The first-order valence-electron chi connectivity index (χ1n) is 4.02. The lowest BCUT2D eigenvalue weighted by atomic mass is 10.4. The highest BCUT2D eigenvalue weighted by atomic mass is 16.6. The van der Waals surface area contributed by atoms with Crippen LogP contribution in [-0.2, 0) is 9.63 Å². The Morgan fingerprint density at radius 1 is 1.58 bits per heavy atom. The van der Waals surface area contributed by atoms with E-state index < -0.39 is 6.10 Å². The summed E-state index contributed by atoms with van der Waals surface area (Å²) in [6.45, 7) is 7.76. The third-order valence-corrected chi connectivity index (χ3v) is 1.11. The number of hydrogen-bond acceptors (Lipinski definition) is 3. The van der Waals surface area contributed by atoms with Gasteiger partial charge in [-0.1, -0.05) is 5.16 Å². The second-order valence-electron chi connectivity index (χ2n) is 2.68. The van der Waals surface area contributed by atoms with Gasteiger partial charge in [-0.05, 0) is 27.7 Å². The Kier molecular flexibility index (Phi) is 5.08. The molecule has 12 heavy (non-hydrogen) atoms. The van der Waals surface area contributed by atoms with Gasteiger partial charge >= 0.3 is 0 Å². The Hall–Kier alpha value is -1.06. The van der Waals surface area contributed by atoms with E-state index in [9.17, 15) is 4.79 Å². The molecule has 0 aliphatic heterocycles. The third kappa shape index (κ3) is 4.71. The largest absolute Gasteiger partial charge is 0.383 e. The number of carbonyl (C=O) groups excluding carboxylic acids is 1. The van der Waals surface area contributed by atoms with Crippen LogP contribution in [0.4, 0.5) is 0 Å². The second-order valence-corrected chi connectivity index (χ2v) is 2.68. The van der Waals surface area contributed by atoms with Crippen molar-refractivity contribution in [2.24, 2.45) is 5.16 Å². The van der Waals surface area contributed by atoms with Crippen molar-refractivity contribution in [3.8, 4) is 0 Å². The molecular weight excluding hydrogens is 156 g/mol. The number of rotatable bonds is 4. The van der Waals surface area contributed by atoms with E-state index in [2.05, 4.69) is 10.5 Å². The van der Waals surface area contributed by atoms with Crippen LogP contribution < -0.4 is 5.32 Å². The highest BCUT2D eigenvalue weighted by Gasteiger charge is 2.11. The van der Waals surface area contributed by atoms with E-state index in [4.69, 9.17) is 4.84 Å². The Morgan fingerprint density at radius 2 is 2.17 bits per heavy atom. The van der Waals surface area contributed by atoms with Crippen LogP contribution in [0.15, 0.2) is 5.16 Å². The smallest absolute Gasteiger partial charge is 0.263 e. The van der Waals surface area contributed by atoms with E-state index in [0.717, 1.165) is 5.71 Å². The summed E-state index contributed by atoms with van der Waals surface area (Å²) in [7, 11) is 0. The minimum atomic E-state index is -0.514. The van der Waals surface area contributed by atoms with Crippen molar-refractivity contribution < 1.29 is 9.63 Å². The Balaban J connectivity index is 3.79. The van der Waals surface area contributed by atoms with Crippen LogP contribution in [0.1, 0.15) is 27.7 Å². The zero-order chi connectivity index (χ0) is 9.56. The highest BCUT2D eigenvalue weighted by molar-refractivity contribution is 5.81. The van der Waals surface area contributed by atoms with E-state index in [1.807, 2.05) is 20.8 Å². The van der Waals surface area contributed by atoms with Crippen molar-refractivity contribution in [2.75, 3.05) is 6.54 Å². The normalized spacial score (nSPS) is 11.7. The molecule has 0 radical (unpaired) electrons. The lowest BCUT2D eigenvalue weighted by Crippen LogP contribution is -2.33. The van der Waals surface area contributed by atoms with Crippen LogP contribution in [0.5, 0.6) is 0 Å². The van der Waals surface area contributed by atoms with E-state index in [0.29, 0.717) is 6.54 Å². The van der Waals surface area contributed by atoms with Gasteiger partial charge in [0.1, 0.15) is 0 Å². The molecule has 1 amide bonds. The molecule has 0 bridgehead atoms. The molecule has 1 atom stereocenters. The Bertz CT molecular complexity index is 174. The molecule has 0 aliphatic rings. The number of carbonyl (C=O) groups is 1. The molecule has 4 nitrogen and oxygen atoms in total. The number of nitrogens with one attached hydrogen (secondary N) is 1. The van der Waals surface area contributed by atoms with Gasteiger partial charge in [-0.25, -0.2) is 0 Å². The predicted molar refractivity (Wildman–Crippen MR) is 48.0 cm³/mol. The first-order chi connectivity index (χ1) is 5.57. The molecule has 0 rings (SSSR count). The number of hydrogen-bond donors (Lipinski definition) is 1. The lowest BCUT2D eigenvalue weighted by Gasteiger charge is -2.08. The van der Waals surface area contributed by atoms with Crippen LogP contribution in [0.3, 0.4) is 0 Å². The number of likely N-dealkylation sites (N-methyl/N-ethyl adjacent to an activating group) is 1. The SMILES string of the molecule is CCNC(=O)C(C)ON=C(C)C. The average molecular weight is 172 g/mol. The van der Waals surface area contributed by atoms with Crippen molar-refractivity contribution in [1.29, 1.82) is 0 Å². The summed E-state index contributed by atoms with van der Waals surface area (Å²) >= 11 is 0. The molecule has 0 saturated carbocycles.